The first-order chi connectivity index (χ1) is 13.1. The lowest BCUT2D eigenvalue weighted by molar-refractivity contribution is -0.140. The SMILES string of the molecule is O=C(CCN1C(=O)[C@H]2CC=CC[C@@H]2C1=O)NCCc1c[nH]c2ccccc12. The minimum absolute atomic E-state index is 0.124. The van der Waals surface area contributed by atoms with E-state index in [1.165, 1.54) is 4.90 Å². The van der Waals surface area contributed by atoms with Crippen LogP contribution in [0.3, 0.4) is 0 Å². The summed E-state index contributed by atoms with van der Waals surface area (Å²) in [5, 5.41) is 4.05. The lowest BCUT2D eigenvalue weighted by Crippen LogP contribution is -2.35. The summed E-state index contributed by atoms with van der Waals surface area (Å²) < 4.78 is 0. The molecule has 6 heteroatoms. The van der Waals surface area contributed by atoms with E-state index in [0.717, 1.165) is 22.9 Å². The number of carbonyl (C=O) groups excluding carboxylic acids is 3. The van der Waals surface area contributed by atoms with Gasteiger partial charge in [-0.1, -0.05) is 30.4 Å². The maximum Gasteiger partial charge on any atom is 0.233 e. The summed E-state index contributed by atoms with van der Waals surface area (Å²) in [6.07, 6.45) is 8.03. The third kappa shape index (κ3) is 3.39. The second-order valence-corrected chi connectivity index (χ2v) is 7.19. The number of fused-ring (bicyclic) bond motifs is 2. The van der Waals surface area contributed by atoms with Crippen LogP contribution >= 0.6 is 0 Å². The highest BCUT2D eigenvalue weighted by Crippen LogP contribution is 2.34. The number of benzene rings is 1. The van der Waals surface area contributed by atoms with Gasteiger partial charge in [0.1, 0.15) is 0 Å². The monoisotopic (exact) mass is 365 g/mol. The molecule has 2 N–H and O–H groups in total. The Labute approximate surface area is 157 Å². The summed E-state index contributed by atoms with van der Waals surface area (Å²) >= 11 is 0. The number of hydrogen-bond donors (Lipinski definition) is 2. The summed E-state index contributed by atoms with van der Waals surface area (Å²) in [5.74, 6) is -0.842. The van der Waals surface area contributed by atoms with Crippen molar-refractivity contribution in [1.82, 2.24) is 15.2 Å². The summed E-state index contributed by atoms with van der Waals surface area (Å²) in [6.45, 7) is 0.696. The van der Waals surface area contributed by atoms with Crippen molar-refractivity contribution in [3.05, 3.63) is 48.2 Å². The summed E-state index contributed by atoms with van der Waals surface area (Å²) in [7, 11) is 0. The zero-order chi connectivity index (χ0) is 18.8. The number of aromatic amines is 1. The van der Waals surface area contributed by atoms with Crippen molar-refractivity contribution < 1.29 is 14.4 Å². The molecule has 2 aliphatic rings. The van der Waals surface area contributed by atoms with Crippen molar-refractivity contribution in [1.29, 1.82) is 0 Å². The van der Waals surface area contributed by atoms with Crippen molar-refractivity contribution in [2.45, 2.75) is 25.7 Å². The summed E-state index contributed by atoms with van der Waals surface area (Å²) in [4.78, 5) is 41.4. The Morgan fingerprint density at radius 1 is 1.11 bits per heavy atom. The van der Waals surface area contributed by atoms with Crippen LogP contribution in [0, 0.1) is 11.8 Å². The first kappa shape index (κ1) is 17.5. The number of nitrogens with one attached hydrogen (secondary N) is 2. The van der Waals surface area contributed by atoms with Crippen molar-refractivity contribution in [2.24, 2.45) is 11.8 Å². The molecule has 0 radical (unpaired) electrons. The van der Waals surface area contributed by atoms with E-state index in [9.17, 15) is 14.4 Å². The topological polar surface area (TPSA) is 82.3 Å². The van der Waals surface area contributed by atoms with Crippen LogP contribution in [0.25, 0.3) is 10.9 Å². The van der Waals surface area contributed by atoms with Crippen LogP contribution < -0.4 is 5.32 Å². The van der Waals surface area contributed by atoms with Crippen LogP contribution in [0.5, 0.6) is 0 Å². The van der Waals surface area contributed by atoms with Gasteiger partial charge in [0.2, 0.25) is 17.7 Å². The van der Waals surface area contributed by atoms with Gasteiger partial charge in [-0.25, -0.2) is 0 Å². The smallest absolute Gasteiger partial charge is 0.233 e. The molecule has 1 aliphatic heterocycles. The Balaban J connectivity index is 1.25. The molecule has 1 saturated heterocycles. The molecule has 1 aromatic carbocycles. The highest BCUT2D eigenvalue weighted by atomic mass is 16.2. The van der Waals surface area contributed by atoms with Gasteiger partial charge < -0.3 is 10.3 Å². The van der Waals surface area contributed by atoms with Crippen molar-refractivity contribution in [3.8, 4) is 0 Å². The van der Waals surface area contributed by atoms with Crippen molar-refractivity contribution >= 4 is 28.6 Å². The van der Waals surface area contributed by atoms with Gasteiger partial charge in [-0.2, -0.15) is 0 Å². The third-order valence-corrected chi connectivity index (χ3v) is 5.55. The molecule has 1 aromatic heterocycles. The number of carbonyl (C=O) groups is 3. The Kier molecular flexibility index (Phi) is 4.79. The fraction of sp³-hybridized carbons (Fsp3) is 0.381. The van der Waals surface area contributed by atoms with Crippen LogP contribution in [-0.2, 0) is 20.8 Å². The number of aromatic nitrogens is 1. The zero-order valence-electron chi connectivity index (χ0n) is 15.1. The standard InChI is InChI=1S/C21H23N3O3/c25-19(22-11-9-14-13-23-18-8-4-3-5-15(14)18)10-12-24-20(26)16-6-1-2-7-17(16)21(24)27/h1-5,8,13,16-17,23H,6-7,9-12H2,(H,22,25)/t16-,17-/m0/s1. The van der Waals surface area contributed by atoms with Gasteiger partial charge in [-0.3, -0.25) is 19.3 Å². The quantitative estimate of drug-likeness (QED) is 0.608. The lowest BCUT2D eigenvalue weighted by atomic mass is 9.85. The lowest BCUT2D eigenvalue weighted by Gasteiger charge is -2.14. The summed E-state index contributed by atoms with van der Waals surface area (Å²) in [5.41, 5.74) is 2.24. The van der Waals surface area contributed by atoms with Crippen molar-refractivity contribution in [3.63, 3.8) is 0 Å². The van der Waals surface area contributed by atoms with E-state index in [0.29, 0.717) is 19.4 Å². The zero-order valence-corrected chi connectivity index (χ0v) is 15.1. The van der Waals surface area contributed by atoms with Crippen molar-refractivity contribution in [2.75, 3.05) is 13.1 Å². The molecule has 140 valence electrons. The minimum Gasteiger partial charge on any atom is -0.361 e. The molecule has 6 nitrogen and oxygen atoms in total. The number of amides is 3. The number of nitrogens with zero attached hydrogens (tertiary/aromatic N) is 1. The van der Waals surface area contributed by atoms with E-state index < -0.39 is 0 Å². The van der Waals surface area contributed by atoms with Crippen LogP contribution in [0.15, 0.2) is 42.6 Å². The van der Waals surface area contributed by atoms with Crippen LogP contribution in [0.2, 0.25) is 0 Å². The van der Waals surface area contributed by atoms with Gasteiger partial charge in [0.25, 0.3) is 0 Å². The van der Waals surface area contributed by atoms with E-state index in [-0.39, 0.29) is 42.5 Å². The average Bonchev–Trinajstić information content (AvgIpc) is 3.20. The molecule has 0 spiro atoms. The van der Waals surface area contributed by atoms with E-state index >= 15 is 0 Å². The van der Waals surface area contributed by atoms with E-state index in [2.05, 4.69) is 16.4 Å². The van der Waals surface area contributed by atoms with Gasteiger partial charge in [0.05, 0.1) is 11.8 Å². The summed E-state index contributed by atoms with van der Waals surface area (Å²) in [6, 6.07) is 8.06. The Morgan fingerprint density at radius 3 is 2.56 bits per heavy atom. The molecule has 0 bridgehead atoms. The fourth-order valence-corrected chi connectivity index (χ4v) is 4.07. The van der Waals surface area contributed by atoms with Gasteiger partial charge in [0.15, 0.2) is 0 Å². The maximum absolute atomic E-state index is 12.4. The van der Waals surface area contributed by atoms with Gasteiger partial charge in [0, 0.05) is 36.6 Å². The fourth-order valence-electron chi connectivity index (χ4n) is 4.07. The second kappa shape index (κ2) is 7.39. The molecule has 1 fully saturated rings. The molecule has 2 aromatic rings. The van der Waals surface area contributed by atoms with Gasteiger partial charge in [-0.05, 0) is 30.9 Å². The normalized spacial score (nSPS) is 21.7. The van der Waals surface area contributed by atoms with E-state index in [1.54, 1.807) is 0 Å². The number of hydrogen-bond acceptors (Lipinski definition) is 3. The Bertz CT molecular complexity index is 888. The Morgan fingerprint density at radius 2 is 1.81 bits per heavy atom. The number of likely N-dealkylation sites (tertiary alicyclic amines) is 1. The largest absolute Gasteiger partial charge is 0.361 e. The maximum atomic E-state index is 12.4. The first-order valence-electron chi connectivity index (χ1n) is 9.47. The Hall–Kier alpha value is -2.89. The molecule has 4 rings (SSSR count). The van der Waals surface area contributed by atoms with E-state index in [4.69, 9.17) is 0 Å². The number of imide groups is 1. The number of H-pyrrole nitrogens is 1. The van der Waals surface area contributed by atoms with Crippen LogP contribution in [0.1, 0.15) is 24.8 Å². The number of rotatable bonds is 6. The number of allylic oxidation sites excluding steroid dienone is 2. The second-order valence-electron chi connectivity index (χ2n) is 7.19. The molecule has 3 amide bonds. The molecule has 2 atom stereocenters. The number of para-hydroxylation sites is 1. The molecular formula is C21H23N3O3. The minimum atomic E-state index is -0.229. The highest BCUT2D eigenvalue weighted by Gasteiger charge is 2.46. The predicted molar refractivity (Wildman–Crippen MR) is 102 cm³/mol. The van der Waals surface area contributed by atoms with Crippen LogP contribution in [-0.4, -0.2) is 40.7 Å². The van der Waals surface area contributed by atoms with E-state index in [1.807, 2.05) is 36.5 Å². The van der Waals surface area contributed by atoms with Gasteiger partial charge >= 0.3 is 0 Å². The third-order valence-electron chi connectivity index (χ3n) is 5.55. The molecule has 1 aliphatic carbocycles. The molecular weight excluding hydrogens is 342 g/mol. The molecule has 2 heterocycles. The molecule has 0 saturated carbocycles. The van der Waals surface area contributed by atoms with Gasteiger partial charge in [-0.15, -0.1) is 0 Å². The average molecular weight is 365 g/mol. The predicted octanol–water partition coefficient (Wildman–Crippen LogP) is 2.17. The first-order valence-corrected chi connectivity index (χ1v) is 9.47. The molecule has 27 heavy (non-hydrogen) atoms. The highest BCUT2D eigenvalue weighted by molar-refractivity contribution is 6.05. The molecule has 0 unspecified atom stereocenters. The van der Waals surface area contributed by atoms with Crippen LogP contribution in [0.4, 0.5) is 0 Å².